The van der Waals surface area contributed by atoms with E-state index in [1.807, 2.05) is 0 Å². The van der Waals surface area contributed by atoms with Crippen LogP contribution in [0.1, 0.15) is 53.2 Å². The fourth-order valence-electron chi connectivity index (χ4n) is 5.78. The van der Waals surface area contributed by atoms with Crippen LogP contribution in [0.5, 0.6) is 0 Å². The van der Waals surface area contributed by atoms with Crippen LogP contribution in [0.4, 0.5) is 13.2 Å². The molecule has 2 aromatic heterocycles. The van der Waals surface area contributed by atoms with Gasteiger partial charge in [0.2, 0.25) is 5.91 Å². The smallest absolute Gasteiger partial charge is 0.336 e. The Kier molecular flexibility index (Phi) is 4.69. The topological polar surface area (TPSA) is 81.7 Å². The minimum atomic E-state index is -4.64. The van der Waals surface area contributed by atoms with E-state index in [0.29, 0.717) is 23.9 Å². The van der Waals surface area contributed by atoms with Crippen molar-refractivity contribution in [2.75, 3.05) is 19.6 Å². The standard InChI is InChI=1S/C23H21ClF3N5O2/c24-20-19(29-21-17(23(25,26)27)5-12(9-32(20)21)11-1-2-11)22(34)30-3-4-31(18(33)10-30)13-6-14-15(7-13)16(14)8-28/h5,9,11,13-16H,1-4,6-7,10H2. The van der Waals surface area contributed by atoms with Crippen molar-refractivity contribution in [3.63, 3.8) is 0 Å². The highest BCUT2D eigenvalue weighted by atomic mass is 35.5. The van der Waals surface area contributed by atoms with Gasteiger partial charge < -0.3 is 9.80 Å². The predicted octanol–water partition coefficient (Wildman–Crippen LogP) is 3.72. The van der Waals surface area contributed by atoms with Gasteiger partial charge in [0.25, 0.3) is 5.91 Å². The summed E-state index contributed by atoms with van der Waals surface area (Å²) in [6, 6.07) is 3.48. The van der Waals surface area contributed by atoms with Crippen molar-refractivity contribution in [2.24, 2.45) is 17.8 Å². The molecule has 4 fully saturated rings. The summed E-state index contributed by atoms with van der Waals surface area (Å²) in [5.41, 5.74) is -1.09. The minimum absolute atomic E-state index is 0.0545. The largest absolute Gasteiger partial charge is 0.419 e. The third-order valence-corrected chi connectivity index (χ3v) is 8.16. The second-order valence-electron chi connectivity index (χ2n) is 9.83. The quantitative estimate of drug-likeness (QED) is 0.655. The summed E-state index contributed by atoms with van der Waals surface area (Å²) in [5.74, 6) is 0.0328. The van der Waals surface area contributed by atoms with E-state index in [-0.39, 0.29) is 47.7 Å². The van der Waals surface area contributed by atoms with Crippen molar-refractivity contribution in [2.45, 2.75) is 43.8 Å². The maximum Gasteiger partial charge on any atom is 0.419 e. The fraction of sp³-hybridized carbons (Fsp3) is 0.565. The number of nitrogens with zero attached hydrogens (tertiary/aromatic N) is 5. The summed E-state index contributed by atoms with van der Waals surface area (Å²) in [6.07, 6.45) is 0.126. The van der Waals surface area contributed by atoms with E-state index >= 15 is 0 Å². The number of hydrogen-bond acceptors (Lipinski definition) is 4. The summed E-state index contributed by atoms with van der Waals surface area (Å²) < 4.78 is 42.4. The SMILES string of the molecule is N#CC1C2CC(N3CCN(C(=O)c4nc5c(C(F)(F)F)cc(C6CC6)cn5c4Cl)CC3=O)CC12. The van der Waals surface area contributed by atoms with Gasteiger partial charge in [0.1, 0.15) is 11.7 Å². The van der Waals surface area contributed by atoms with Crippen molar-refractivity contribution < 1.29 is 22.8 Å². The summed E-state index contributed by atoms with van der Waals surface area (Å²) in [4.78, 5) is 33.1. The Morgan fingerprint density at radius 3 is 2.50 bits per heavy atom. The lowest BCUT2D eigenvalue weighted by Gasteiger charge is -2.38. The molecular weight excluding hydrogens is 471 g/mol. The predicted molar refractivity (Wildman–Crippen MR) is 114 cm³/mol. The normalized spacial score (nSPS) is 28.9. The number of nitriles is 1. The summed E-state index contributed by atoms with van der Waals surface area (Å²) >= 11 is 6.37. The van der Waals surface area contributed by atoms with E-state index < -0.39 is 23.3 Å². The average molecular weight is 492 g/mol. The zero-order chi connectivity index (χ0) is 23.9. The lowest BCUT2D eigenvalue weighted by molar-refractivity contribution is -0.138. The van der Waals surface area contributed by atoms with Crippen LogP contribution >= 0.6 is 11.6 Å². The first kappa shape index (κ1) is 21.7. The first-order valence-electron chi connectivity index (χ1n) is 11.4. The molecule has 0 N–H and O–H groups in total. The van der Waals surface area contributed by atoms with Crippen molar-refractivity contribution in [3.05, 3.63) is 34.2 Å². The molecule has 0 radical (unpaired) electrons. The number of hydrogen-bond donors (Lipinski definition) is 0. The van der Waals surface area contributed by atoms with Crippen molar-refractivity contribution in [3.8, 4) is 6.07 Å². The van der Waals surface area contributed by atoms with Crippen LogP contribution in [0.25, 0.3) is 5.65 Å². The molecular formula is C23H21ClF3N5O2. The number of halogens is 4. The second kappa shape index (κ2) is 7.35. The van der Waals surface area contributed by atoms with Gasteiger partial charge in [0, 0.05) is 25.3 Å². The van der Waals surface area contributed by atoms with Crippen LogP contribution in [0, 0.1) is 29.1 Å². The average Bonchev–Trinajstić information content (AvgIpc) is 3.69. The molecule has 6 rings (SSSR count). The Balaban J connectivity index is 1.23. The van der Waals surface area contributed by atoms with Crippen LogP contribution in [0.2, 0.25) is 5.15 Å². The van der Waals surface area contributed by atoms with Gasteiger partial charge in [-0.2, -0.15) is 18.4 Å². The summed E-state index contributed by atoms with van der Waals surface area (Å²) in [5, 5.41) is 8.91. The molecule has 3 saturated carbocycles. The number of fused-ring (bicyclic) bond motifs is 2. The fourth-order valence-corrected chi connectivity index (χ4v) is 6.03. The van der Waals surface area contributed by atoms with Gasteiger partial charge in [-0.25, -0.2) is 4.98 Å². The molecule has 2 amide bonds. The van der Waals surface area contributed by atoms with Gasteiger partial charge in [-0.3, -0.25) is 14.0 Å². The number of piperazine rings is 1. The Bertz CT molecular complexity index is 1250. The molecule has 0 spiro atoms. The number of alkyl halides is 3. The molecule has 2 atom stereocenters. The molecule has 34 heavy (non-hydrogen) atoms. The first-order chi connectivity index (χ1) is 16.2. The first-order valence-corrected chi connectivity index (χ1v) is 11.8. The maximum absolute atomic E-state index is 13.7. The molecule has 178 valence electrons. The Morgan fingerprint density at radius 1 is 1.21 bits per heavy atom. The van der Waals surface area contributed by atoms with Gasteiger partial charge >= 0.3 is 6.18 Å². The molecule has 0 bridgehead atoms. The number of carbonyl (C=O) groups excluding carboxylic acids is 2. The van der Waals surface area contributed by atoms with E-state index in [0.717, 1.165) is 36.2 Å². The Hall–Kier alpha value is -2.80. The number of carbonyl (C=O) groups is 2. The second-order valence-corrected chi connectivity index (χ2v) is 10.2. The van der Waals surface area contributed by atoms with Crippen LogP contribution in [-0.2, 0) is 11.0 Å². The summed E-state index contributed by atoms with van der Waals surface area (Å²) in [7, 11) is 0. The molecule has 3 heterocycles. The highest BCUT2D eigenvalue weighted by Crippen LogP contribution is 2.58. The van der Waals surface area contributed by atoms with Crippen LogP contribution in [0.3, 0.4) is 0 Å². The molecule has 11 heteroatoms. The summed E-state index contributed by atoms with van der Waals surface area (Å²) in [6.45, 7) is 0.425. The Morgan fingerprint density at radius 2 is 1.91 bits per heavy atom. The number of pyridine rings is 1. The number of amides is 2. The van der Waals surface area contributed by atoms with Gasteiger partial charge in [-0.1, -0.05) is 11.6 Å². The zero-order valence-electron chi connectivity index (χ0n) is 18.1. The zero-order valence-corrected chi connectivity index (χ0v) is 18.8. The van der Waals surface area contributed by atoms with Gasteiger partial charge in [-0.15, -0.1) is 0 Å². The lowest BCUT2D eigenvalue weighted by atomic mass is 10.1. The molecule has 0 aromatic carbocycles. The van der Waals surface area contributed by atoms with E-state index in [1.54, 1.807) is 4.90 Å². The lowest BCUT2D eigenvalue weighted by Crippen LogP contribution is -2.55. The molecule has 2 aromatic rings. The van der Waals surface area contributed by atoms with Crippen molar-refractivity contribution >= 4 is 29.1 Å². The minimum Gasteiger partial charge on any atom is -0.336 e. The highest BCUT2D eigenvalue weighted by Gasteiger charge is 2.58. The van der Waals surface area contributed by atoms with E-state index in [4.69, 9.17) is 16.9 Å². The van der Waals surface area contributed by atoms with Gasteiger partial charge in [0.15, 0.2) is 11.3 Å². The van der Waals surface area contributed by atoms with E-state index in [1.165, 1.54) is 11.1 Å². The third-order valence-electron chi connectivity index (χ3n) is 7.79. The molecule has 1 aliphatic heterocycles. The molecule has 2 unspecified atom stereocenters. The van der Waals surface area contributed by atoms with Gasteiger partial charge in [-0.05, 0) is 55.1 Å². The third kappa shape index (κ3) is 3.35. The van der Waals surface area contributed by atoms with E-state index in [9.17, 15) is 22.8 Å². The number of rotatable bonds is 3. The maximum atomic E-state index is 13.7. The molecule has 3 aliphatic carbocycles. The number of aromatic nitrogens is 2. The van der Waals surface area contributed by atoms with E-state index in [2.05, 4.69) is 11.1 Å². The van der Waals surface area contributed by atoms with Crippen molar-refractivity contribution in [1.29, 1.82) is 5.26 Å². The molecule has 4 aliphatic rings. The Labute approximate surface area is 198 Å². The van der Waals surface area contributed by atoms with Crippen molar-refractivity contribution in [1.82, 2.24) is 19.2 Å². The number of imidazole rings is 1. The molecule has 7 nitrogen and oxygen atoms in total. The molecule has 1 saturated heterocycles. The highest BCUT2D eigenvalue weighted by molar-refractivity contribution is 6.33. The van der Waals surface area contributed by atoms with Crippen LogP contribution in [-0.4, -0.2) is 56.7 Å². The van der Waals surface area contributed by atoms with Crippen LogP contribution < -0.4 is 0 Å². The van der Waals surface area contributed by atoms with Crippen LogP contribution in [0.15, 0.2) is 12.3 Å². The monoisotopic (exact) mass is 491 g/mol. The van der Waals surface area contributed by atoms with Gasteiger partial charge in [0.05, 0.1) is 17.6 Å².